The van der Waals surface area contributed by atoms with E-state index in [1.165, 1.54) is 4.90 Å². The van der Waals surface area contributed by atoms with Gasteiger partial charge in [0.15, 0.2) is 0 Å². The number of benzene rings is 9. The Hall–Kier alpha value is -6.90. The van der Waals surface area contributed by atoms with E-state index >= 15 is 0 Å². The molecule has 0 bridgehead atoms. The maximum Gasteiger partial charge on any atom is 0.143 e. The zero-order valence-electron chi connectivity index (χ0n) is 40.4. The van der Waals surface area contributed by atoms with Gasteiger partial charge in [0, 0.05) is 22.1 Å². The molecule has 1 heterocycles. The van der Waals surface area contributed by atoms with Crippen LogP contribution in [0.25, 0.3) is 76.9 Å². The van der Waals surface area contributed by atoms with Crippen LogP contribution in [0.1, 0.15) is 17.8 Å². The highest BCUT2D eigenvalue weighted by Gasteiger charge is 2.20. The second kappa shape index (κ2) is 12.5. The lowest BCUT2D eigenvalue weighted by Crippen LogP contribution is -2.10. The van der Waals surface area contributed by atoms with Gasteiger partial charge in [0.2, 0.25) is 0 Å². The van der Waals surface area contributed by atoms with Crippen molar-refractivity contribution in [1.29, 1.82) is 0 Å². The predicted molar refractivity (Wildman–Crippen MR) is 220 cm³/mol. The maximum atomic E-state index is 9.61. The first kappa shape index (κ1) is 19.5. The first-order valence-corrected chi connectivity index (χ1v) is 16.7. The molecule has 0 unspecified atom stereocenters. The van der Waals surface area contributed by atoms with E-state index in [9.17, 15) is 8.22 Å². The number of nitrogens with zero attached hydrogens (tertiary/aromatic N) is 1. The van der Waals surface area contributed by atoms with Crippen molar-refractivity contribution in [3.05, 3.63) is 200 Å². The molecule has 10 aromatic rings. The lowest BCUT2D eigenvalue weighted by Gasteiger charge is -2.26. The highest BCUT2D eigenvalue weighted by atomic mass is 16.3. The molecule has 0 N–H and O–H groups in total. The topological polar surface area (TPSA) is 16.4 Å². The van der Waals surface area contributed by atoms with Crippen LogP contribution in [0.3, 0.4) is 0 Å². The molecule has 0 atom stereocenters. The van der Waals surface area contributed by atoms with Gasteiger partial charge < -0.3 is 9.32 Å². The number of furan rings is 1. The van der Waals surface area contributed by atoms with E-state index in [0.717, 1.165) is 33.0 Å². The summed E-state index contributed by atoms with van der Waals surface area (Å²) in [5, 5.41) is 0.876. The van der Waals surface area contributed by atoms with Crippen molar-refractivity contribution in [2.24, 2.45) is 0 Å². The molecule has 1 aromatic heterocycles. The van der Waals surface area contributed by atoms with Gasteiger partial charge in [0.05, 0.1) is 28.9 Å². The third kappa shape index (κ3) is 5.21. The Morgan fingerprint density at radius 2 is 1.06 bits per heavy atom. The summed E-state index contributed by atoms with van der Waals surface area (Å²) in [6.45, 7) is 0. The van der Waals surface area contributed by atoms with Gasteiger partial charge in [-0.25, -0.2) is 0 Å². The van der Waals surface area contributed by atoms with E-state index in [0.29, 0.717) is 5.56 Å². The van der Waals surface area contributed by atoms with Crippen molar-refractivity contribution in [1.82, 2.24) is 0 Å². The number of fused-ring (bicyclic) bond motifs is 6. The Bertz CT molecular complexity index is 3600. The molecule has 2 heteroatoms. The minimum Gasteiger partial charge on any atom is -0.455 e. The van der Waals surface area contributed by atoms with Gasteiger partial charge >= 0.3 is 0 Å². The normalized spacial score (nSPS) is 15.0. The molecule has 0 aliphatic rings. The smallest absolute Gasteiger partial charge is 0.143 e. The molecule has 0 spiro atoms. The Morgan fingerprint density at radius 1 is 0.404 bits per heavy atom. The van der Waals surface area contributed by atoms with Crippen LogP contribution in [0.2, 0.25) is 0 Å². The molecule has 244 valence electrons. The molecule has 10 rings (SSSR count). The zero-order chi connectivity index (χ0) is 45.7. The van der Waals surface area contributed by atoms with E-state index in [2.05, 4.69) is 0 Å². The van der Waals surface area contributed by atoms with Gasteiger partial charge in [-0.15, -0.1) is 0 Å². The van der Waals surface area contributed by atoms with Gasteiger partial charge in [-0.05, 0) is 98.0 Å². The summed E-state index contributed by atoms with van der Waals surface area (Å²) in [6, 6.07) is 30.6. The van der Waals surface area contributed by atoms with Crippen LogP contribution in [0, 0.1) is 0 Å². The number of anilines is 3. The molecule has 52 heavy (non-hydrogen) atoms. The summed E-state index contributed by atoms with van der Waals surface area (Å²) in [6.07, 6.45) is 0. The maximum absolute atomic E-state index is 9.61. The SMILES string of the molecule is [2H]c1c([2H])c(N(c2ccc(-c3ccc(-c4ccccc4)cc3)cc2)c2c([2H])c([2H])c([2H])c3oc4c5c([2H])c([2H])c([2H])c([2H])c5c([2H])c([2H])c4c23)c([2H])c([2H])c1-c1ccc2ccccc2c1. The van der Waals surface area contributed by atoms with Crippen LogP contribution in [-0.2, 0) is 0 Å². The van der Waals surface area contributed by atoms with Crippen molar-refractivity contribution >= 4 is 60.5 Å². The van der Waals surface area contributed by atoms with E-state index in [1.54, 1.807) is 36.4 Å². The fraction of sp³-hybridized carbons (Fsp3) is 0. The van der Waals surface area contributed by atoms with Crippen molar-refractivity contribution in [3.8, 4) is 33.4 Å². The average molecular weight is 677 g/mol. The number of hydrogen-bond acceptors (Lipinski definition) is 2. The molecule has 0 radical (unpaired) electrons. The second-order valence-corrected chi connectivity index (χ2v) is 12.3. The quantitative estimate of drug-likeness (QED) is 0.174. The van der Waals surface area contributed by atoms with Crippen LogP contribution < -0.4 is 4.90 Å². The monoisotopic (exact) mass is 676 g/mol. The molecule has 0 aliphatic heterocycles. The molecular weight excluding hydrogens is 631 g/mol. The Kier molecular flexibility index (Phi) is 4.67. The first-order chi connectivity index (χ1) is 31.2. The summed E-state index contributed by atoms with van der Waals surface area (Å²) in [5.41, 5.74) is 3.21. The molecule has 0 fully saturated rings. The van der Waals surface area contributed by atoms with Crippen LogP contribution in [-0.4, -0.2) is 0 Å². The van der Waals surface area contributed by atoms with Crippen LogP contribution in [0.5, 0.6) is 0 Å². The summed E-state index contributed by atoms with van der Waals surface area (Å²) in [4.78, 5) is 1.29. The molecule has 2 nitrogen and oxygen atoms in total. The first-order valence-electron chi connectivity index (χ1n) is 23.2. The Balaban J connectivity index is 1.27. The van der Waals surface area contributed by atoms with Gasteiger partial charge in [0.25, 0.3) is 0 Å². The van der Waals surface area contributed by atoms with E-state index in [-0.39, 0.29) is 55.3 Å². The molecule has 9 aromatic carbocycles. The predicted octanol–water partition coefficient (Wildman–Crippen LogP) is 14.4. The molecule has 0 amide bonds. The van der Waals surface area contributed by atoms with E-state index in [4.69, 9.17) is 14.0 Å². The third-order valence-electron chi connectivity index (χ3n) is 9.28. The minimum atomic E-state index is -0.640. The minimum absolute atomic E-state index is 0.0318. The summed E-state index contributed by atoms with van der Waals surface area (Å²) >= 11 is 0. The van der Waals surface area contributed by atoms with E-state index < -0.39 is 78.6 Å². The standard InChI is InChI=1S/C50H33NO/c1-2-9-34(10-3-1)36-17-19-37(20-18-36)38-23-28-43(29-24-38)51(44-30-25-39(26-31-44)42-22-21-35-11-4-5-13-41(35)33-42)47-15-8-16-48-49(47)46-32-27-40-12-6-7-14-45(40)50(46)52-48/h1-33H/i6D,7D,8D,12D,14D,15D,16D,25D,26D,27D,30D,31D,32D. The zero-order valence-corrected chi connectivity index (χ0v) is 27.4. The van der Waals surface area contributed by atoms with Crippen molar-refractivity contribution in [3.63, 3.8) is 0 Å². The lowest BCUT2D eigenvalue weighted by atomic mass is 9.99. The van der Waals surface area contributed by atoms with Crippen molar-refractivity contribution < 1.29 is 22.2 Å². The fourth-order valence-electron chi connectivity index (χ4n) is 6.68. The molecule has 0 aliphatic carbocycles. The second-order valence-electron chi connectivity index (χ2n) is 12.3. The van der Waals surface area contributed by atoms with Gasteiger partial charge in [0.1, 0.15) is 11.2 Å². The highest BCUT2D eigenvalue weighted by Crippen LogP contribution is 2.45. The Labute approximate surface area is 320 Å². The Morgan fingerprint density at radius 3 is 1.83 bits per heavy atom. The average Bonchev–Trinajstić information content (AvgIpc) is 3.73. The summed E-state index contributed by atoms with van der Waals surface area (Å²) in [7, 11) is 0. The van der Waals surface area contributed by atoms with Crippen molar-refractivity contribution in [2.45, 2.75) is 0 Å². The van der Waals surface area contributed by atoms with E-state index in [1.807, 2.05) is 84.9 Å². The third-order valence-corrected chi connectivity index (χ3v) is 9.28. The number of rotatable bonds is 6. The van der Waals surface area contributed by atoms with Gasteiger partial charge in [-0.2, -0.15) is 0 Å². The summed E-state index contributed by atoms with van der Waals surface area (Å²) < 4.78 is 125. The highest BCUT2D eigenvalue weighted by molar-refractivity contribution is 6.19. The largest absolute Gasteiger partial charge is 0.455 e. The lowest BCUT2D eigenvalue weighted by molar-refractivity contribution is 0.672. The van der Waals surface area contributed by atoms with Crippen LogP contribution in [0.4, 0.5) is 17.1 Å². The summed E-state index contributed by atoms with van der Waals surface area (Å²) in [5.74, 6) is 0. The van der Waals surface area contributed by atoms with Crippen molar-refractivity contribution in [2.75, 3.05) is 4.90 Å². The van der Waals surface area contributed by atoms with Gasteiger partial charge in [-0.3, -0.25) is 0 Å². The van der Waals surface area contributed by atoms with Crippen LogP contribution >= 0.6 is 0 Å². The van der Waals surface area contributed by atoms with Crippen LogP contribution in [0.15, 0.2) is 204 Å². The molecule has 0 saturated carbocycles. The number of hydrogen-bond donors (Lipinski definition) is 0. The molecule has 0 saturated heterocycles. The fourth-order valence-corrected chi connectivity index (χ4v) is 6.68. The van der Waals surface area contributed by atoms with Gasteiger partial charge in [-0.1, -0.05) is 151 Å². The molecular formula is C50H33NO.